The molecule has 0 atom stereocenters. The van der Waals surface area contributed by atoms with Crippen LogP contribution in [0.15, 0.2) is 12.2 Å². The maximum absolute atomic E-state index is 11.8. The molecule has 0 radical (unpaired) electrons. The SMILES string of the molecule is CC(C)OC(=O)N1CC=CCN1C(=O)OC(C)C. The predicted molar refractivity (Wildman–Crippen MR) is 65.8 cm³/mol. The standard InChI is InChI=1S/C12H20N2O4/c1-9(2)17-11(15)13-7-5-6-8-14(13)12(16)18-10(3)4/h5-6,9-10H,7-8H2,1-4H3. The van der Waals surface area contributed by atoms with E-state index < -0.39 is 12.2 Å². The number of nitrogens with zero attached hydrogens (tertiary/aromatic N) is 2. The Morgan fingerprint density at radius 2 is 1.22 bits per heavy atom. The molecular formula is C12H20N2O4. The average Bonchev–Trinajstić information content (AvgIpc) is 2.27. The van der Waals surface area contributed by atoms with E-state index in [9.17, 15) is 9.59 Å². The van der Waals surface area contributed by atoms with E-state index in [1.165, 1.54) is 10.0 Å². The fourth-order valence-electron chi connectivity index (χ4n) is 1.42. The molecule has 0 saturated heterocycles. The van der Waals surface area contributed by atoms with Crippen molar-refractivity contribution in [2.45, 2.75) is 39.9 Å². The van der Waals surface area contributed by atoms with Crippen LogP contribution in [-0.4, -0.2) is 47.5 Å². The third-order valence-electron chi connectivity index (χ3n) is 2.11. The minimum Gasteiger partial charge on any atom is -0.445 e. The van der Waals surface area contributed by atoms with E-state index in [2.05, 4.69) is 0 Å². The van der Waals surface area contributed by atoms with Crippen LogP contribution < -0.4 is 0 Å². The Bertz CT molecular complexity index is 307. The van der Waals surface area contributed by atoms with Crippen molar-refractivity contribution >= 4 is 12.2 Å². The number of carbonyl (C=O) groups is 2. The van der Waals surface area contributed by atoms with Gasteiger partial charge in [0.1, 0.15) is 0 Å². The molecule has 0 aromatic heterocycles. The van der Waals surface area contributed by atoms with Gasteiger partial charge >= 0.3 is 12.2 Å². The fraction of sp³-hybridized carbons (Fsp3) is 0.667. The molecule has 6 nitrogen and oxygen atoms in total. The molecule has 2 amide bonds. The number of carbonyl (C=O) groups excluding carboxylic acids is 2. The zero-order chi connectivity index (χ0) is 13.7. The highest BCUT2D eigenvalue weighted by atomic mass is 16.6. The Morgan fingerprint density at radius 1 is 0.889 bits per heavy atom. The highest BCUT2D eigenvalue weighted by molar-refractivity contribution is 5.75. The summed E-state index contributed by atoms with van der Waals surface area (Å²) in [5.41, 5.74) is 0. The molecule has 0 fully saturated rings. The molecule has 102 valence electrons. The molecule has 0 N–H and O–H groups in total. The summed E-state index contributed by atoms with van der Waals surface area (Å²) in [6.45, 7) is 7.64. The number of hydrogen-bond donors (Lipinski definition) is 0. The predicted octanol–water partition coefficient (Wildman–Crippen LogP) is 2.17. The lowest BCUT2D eigenvalue weighted by molar-refractivity contribution is -0.0282. The van der Waals surface area contributed by atoms with Crippen molar-refractivity contribution in [3.8, 4) is 0 Å². The van der Waals surface area contributed by atoms with E-state index in [4.69, 9.17) is 9.47 Å². The Labute approximate surface area is 107 Å². The van der Waals surface area contributed by atoms with Gasteiger partial charge in [-0.05, 0) is 27.7 Å². The van der Waals surface area contributed by atoms with E-state index >= 15 is 0 Å². The third kappa shape index (κ3) is 3.94. The van der Waals surface area contributed by atoms with Gasteiger partial charge in [-0.3, -0.25) is 0 Å². The quantitative estimate of drug-likeness (QED) is 0.710. The van der Waals surface area contributed by atoms with Gasteiger partial charge in [-0.15, -0.1) is 0 Å². The van der Waals surface area contributed by atoms with Crippen LogP contribution in [0, 0.1) is 0 Å². The number of hydrogen-bond acceptors (Lipinski definition) is 4. The first-order chi connectivity index (χ1) is 8.41. The second kappa shape index (κ2) is 6.28. The van der Waals surface area contributed by atoms with Gasteiger partial charge in [0, 0.05) is 0 Å². The molecule has 0 aliphatic carbocycles. The van der Waals surface area contributed by atoms with Crippen molar-refractivity contribution in [2.75, 3.05) is 13.1 Å². The van der Waals surface area contributed by atoms with Crippen LogP contribution in [0.3, 0.4) is 0 Å². The molecule has 1 heterocycles. The summed E-state index contributed by atoms with van der Waals surface area (Å²) in [4.78, 5) is 23.7. The molecule has 0 unspecified atom stereocenters. The maximum atomic E-state index is 11.8. The largest absolute Gasteiger partial charge is 0.445 e. The van der Waals surface area contributed by atoms with Crippen molar-refractivity contribution in [1.82, 2.24) is 10.0 Å². The van der Waals surface area contributed by atoms with Crippen LogP contribution in [0.4, 0.5) is 9.59 Å². The molecule has 0 bridgehead atoms. The second-order valence-corrected chi connectivity index (χ2v) is 4.50. The molecular weight excluding hydrogens is 236 g/mol. The number of amides is 2. The summed E-state index contributed by atoms with van der Waals surface area (Å²) < 4.78 is 10.2. The maximum Gasteiger partial charge on any atom is 0.429 e. The number of ether oxygens (including phenoxy) is 2. The molecule has 1 rings (SSSR count). The van der Waals surface area contributed by atoms with Crippen molar-refractivity contribution in [2.24, 2.45) is 0 Å². The van der Waals surface area contributed by atoms with Crippen molar-refractivity contribution in [1.29, 1.82) is 0 Å². The molecule has 18 heavy (non-hydrogen) atoms. The van der Waals surface area contributed by atoms with Crippen LogP contribution >= 0.6 is 0 Å². The van der Waals surface area contributed by atoms with Crippen molar-refractivity contribution in [3.05, 3.63) is 12.2 Å². The molecule has 1 aliphatic heterocycles. The van der Waals surface area contributed by atoms with Gasteiger partial charge in [-0.25, -0.2) is 19.6 Å². The van der Waals surface area contributed by atoms with Gasteiger partial charge in [0.2, 0.25) is 0 Å². The highest BCUT2D eigenvalue weighted by Gasteiger charge is 2.29. The normalized spacial score (nSPS) is 15.2. The van der Waals surface area contributed by atoms with Crippen LogP contribution in [0.5, 0.6) is 0 Å². The third-order valence-corrected chi connectivity index (χ3v) is 2.11. The monoisotopic (exact) mass is 256 g/mol. The molecule has 0 aromatic rings. The smallest absolute Gasteiger partial charge is 0.429 e. The van der Waals surface area contributed by atoms with E-state index in [-0.39, 0.29) is 12.2 Å². The van der Waals surface area contributed by atoms with E-state index in [0.717, 1.165) is 0 Å². The van der Waals surface area contributed by atoms with E-state index in [1.807, 2.05) is 0 Å². The molecule has 1 aliphatic rings. The first-order valence-corrected chi connectivity index (χ1v) is 6.03. The van der Waals surface area contributed by atoms with Crippen LogP contribution in [0.25, 0.3) is 0 Å². The van der Waals surface area contributed by atoms with Gasteiger partial charge in [-0.2, -0.15) is 0 Å². The lowest BCUT2D eigenvalue weighted by atomic mass is 10.4. The van der Waals surface area contributed by atoms with Crippen LogP contribution in [0.1, 0.15) is 27.7 Å². The van der Waals surface area contributed by atoms with Gasteiger partial charge in [0.25, 0.3) is 0 Å². The summed E-state index contributed by atoms with van der Waals surface area (Å²) in [6.07, 6.45) is 2.06. The Kier molecular flexibility index (Phi) is 5.00. The Morgan fingerprint density at radius 3 is 1.50 bits per heavy atom. The Hall–Kier alpha value is -1.72. The minimum atomic E-state index is -0.546. The van der Waals surface area contributed by atoms with Crippen LogP contribution in [0.2, 0.25) is 0 Å². The average molecular weight is 256 g/mol. The zero-order valence-corrected chi connectivity index (χ0v) is 11.3. The minimum absolute atomic E-state index is 0.230. The van der Waals surface area contributed by atoms with E-state index in [1.54, 1.807) is 39.8 Å². The van der Waals surface area contributed by atoms with Gasteiger partial charge < -0.3 is 9.47 Å². The second-order valence-electron chi connectivity index (χ2n) is 4.50. The summed E-state index contributed by atoms with van der Waals surface area (Å²) >= 11 is 0. The summed E-state index contributed by atoms with van der Waals surface area (Å²) in [5, 5.41) is 2.48. The van der Waals surface area contributed by atoms with E-state index in [0.29, 0.717) is 13.1 Å². The number of rotatable bonds is 2. The van der Waals surface area contributed by atoms with Gasteiger partial charge in [-0.1, -0.05) is 12.2 Å². The van der Waals surface area contributed by atoms with Crippen LogP contribution in [-0.2, 0) is 9.47 Å². The molecule has 0 aromatic carbocycles. The van der Waals surface area contributed by atoms with Gasteiger partial charge in [0.05, 0.1) is 25.3 Å². The van der Waals surface area contributed by atoms with Gasteiger partial charge in [0.15, 0.2) is 0 Å². The lowest BCUT2D eigenvalue weighted by Crippen LogP contribution is -2.52. The number of hydrazine groups is 1. The lowest BCUT2D eigenvalue weighted by Gasteiger charge is -2.34. The summed E-state index contributed by atoms with van der Waals surface area (Å²) in [6, 6.07) is 0. The van der Waals surface area contributed by atoms with Crippen molar-refractivity contribution < 1.29 is 19.1 Å². The first-order valence-electron chi connectivity index (χ1n) is 6.03. The topological polar surface area (TPSA) is 59.1 Å². The first kappa shape index (κ1) is 14.3. The molecule has 0 saturated carbocycles. The van der Waals surface area contributed by atoms with Crippen molar-refractivity contribution in [3.63, 3.8) is 0 Å². The molecule has 6 heteroatoms. The molecule has 0 spiro atoms. The fourth-order valence-corrected chi connectivity index (χ4v) is 1.42. The zero-order valence-electron chi connectivity index (χ0n) is 11.3. The Balaban J connectivity index is 2.71. The highest BCUT2D eigenvalue weighted by Crippen LogP contribution is 2.11. The summed E-state index contributed by atoms with van der Waals surface area (Å²) in [7, 11) is 0. The summed E-state index contributed by atoms with van der Waals surface area (Å²) in [5.74, 6) is 0.